The minimum absolute atomic E-state index is 0.790. The molecule has 0 bridgehead atoms. The third kappa shape index (κ3) is 2.95. The average Bonchev–Trinajstić information content (AvgIpc) is 2.88. The van der Waals surface area contributed by atoms with Gasteiger partial charge in [-0.25, -0.2) is 0 Å². The van der Waals surface area contributed by atoms with E-state index < -0.39 is 0 Å². The summed E-state index contributed by atoms with van der Waals surface area (Å²) in [6.07, 6.45) is 7.40. The van der Waals surface area contributed by atoms with Crippen molar-refractivity contribution in [2.24, 2.45) is 5.92 Å². The van der Waals surface area contributed by atoms with Gasteiger partial charge in [0.05, 0.1) is 11.3 Å². The number of nitriles is 1. The molecule has 0 aromatic heterocycles. The normalized spacial score (nSPS) is 15.8. The van der Waals surface area contributed by atoms with E-state index in [4.69, 9.17) is 0 Å². The standard InChI is InChI=1S/C14H18N2S/c1-17-14-8-4-7-13(12(14)9-15)16-10-11-5-2-3-6-11/h4,7-8,11,16H,2-3,5-6,10H2,1H3. The van der Waals surface area contributed by atoms with Crippen molar-refractivity contribution in [3.63, 3.8) is 0 Å². The Morgan fingerprint density at radius 1 is 1.41 bits per heavy atom. The fourth-order valence-electron chi connectivity index (χ4n) is 2.43. The van der Waals surface area contributed by atoms with Gasteiger partial charge in [0.15, 0.2) is 0 Å². The summed E-state index contributed by atoms with van der Waals surface area (Å²) in [4.78, 5) is 1.06. The summed E-state index contributed by atoms with van der Waals surface area (Å²) in [5.41, 5.74) is 1.78. The molecule has 1 saturated carbocycles. The Kier molecular flexibility index (Phi) is 4.33. The molecule has 1 N–H and O–H groups in total. The van der Waals surface area contributed by atoms with Crippen molar-refractivity contribution in [2.75, 3.05) is 18.1 Å². The maximum absolute atomic E-state index is 9.22. The molecule has 0 spiro atoms. The Labute approximate surface area is 107 Å². The number of anilines is 1. The SMILES string of the molecule is CSc1cccc(NCC2CCCC2)c1C#N. The van der Waals surface area contributed by atoms with Crippen LogP contribution in [0.4, 0.5) is 5.69 Å². The Hall–Kier alpha value is -1.14. The average molecular weight is 246 g/mol. The zero-order chi connectivity index (χ0) is 12.1. The number of nitrogens with zero attached hydrogens (tertiary/aromatic N) is 1. The quantitative estimate of drug-likeness (QED) is 0.819. The largest absolute Gasteiger partial charge is 0.384 e. The molecular weight excluding hydrogens is 228 g/mol. The molecule has 90 valence electrons. The van der Waals surface area contributed by atoms with Crippen LogP contribution in [0, 0.1) is 17.2 Å². The molecule has 2 rings (SSSR count). The van der Waals surface area contributed by atoms with Crippen LogP contribution in [-0.2, 0) is 0 Å². The van der Waals surface area contributed by atoms with Crippen LogP contribution in [-0.4, -0.2) is 12.8 Å². The van der Waals surface area contributed by atoms with E-state index in [2.05, 4.69) is 11.4 Å². The smallest absolute Gasteiger partial charge is 0.102 e. The molecule has 3 heteroatoms. The molecule has 1 aliphatic rings. The summed E-state index contributed by atoms with van der Waals surface area (Å²) < 4.78 is 0. The summed E-state index contributed by atoms with van der Waals surface area (Å²) in [7, 11) is 0. The second-order valence-corrected chi connectivity index (χ2v) is 5.37. The molecule has 2 nitrogen and oxygen atoms in total. The third-order valence-corrected chi connectivity index (χ3v) is 4.19. The molecular formula is C14H18N2S. The van der Waals surface area contributed by atoms with Crippen LogP contribution in [0.5, 0.6) is 0 Å². The van der Waals surface area contributed by atoms with Crippen molar-refractivity contribution in [3.8, 4) is 6.07 Å². The molecule has 0 amide bonds. The summed E-state index contributed by atoms with van der Waals surface area (Å²) >= 11 is 1.63. The number of rotatable bonds is 4. The van der Waals surface area contributed by atoms with E-state index in [9.17, 15) is 5.26 Å². The maximum Gasteiger partial charge on any atom is 0.102 e. The molecule has 0 aliphatic heterocycles. The second kappa shape index (κ2) is 5.97. The Morgan fingerprint density at radius 2 is 2.18 bits per heavy atom. The van der Waals surface area contributed by atoms with Crippen LogP contribution >= 0.6 is 11.8 Å². The van der Waals surface area contributed by atoms with Gasteiger partial charge in [-0.1, -0.05) is 18.9 Å². The van der Waals surface area contributed by atoms with Gasteiger partial charge in [0, 0.05) is 11.4 Å². The fraction of sp³-hybridized carbons (Fsp3) is 0.500. The molecule has 1 fully saturated rings. The van der Waals surface area contributed by atoms with E-state index in [0.29, 0.717) is 0 Å². The van der Waals surface area contributed by atoms with Crippen molar-refractivity contribution in [1.82, 2.24) is 0 Å². The lowest BCUT2D eigenvalue weighted by atomic mass is 10.1. The number of benzene rings is 1. The van der Waals surface area contributed by atoms with E-state index >= 15 is 0 Å². The van der Waals surface area contributed by atoms with Crippen LogP contribution in [0.25, 0.3) is 0 Å². The van der Waals surface area contributed by atoms with Crippen molar-refractivity contribution in [3.05, 3.63) is 23.8 Å². The fourth-order valence-corrected chi connectivity index (χ4v) is 3.01. The van der Waals surface area contributed by atoms with Crippen molar-refractivity contribution < 1.29 is 0 Å². The van der Waals surface area contributed by atoms with Gasteiger partial charge in [0.2, 0.25) is 0 Å². The highest BCUT2D eigenvalue weighted by Gasteiger charge is 2.15. The van der Waals surface area contributed by atoms with E-state index in [1.165, 1.54) is 25.7 Å². The van der Waals surface area contributed by atoms with Crippen molar-refractivity contribution in [1.29, 1.82) is 5.26 Å². The lowest BCUT2D eigenvalue weighted by molar-refractivity contribution is 0.580. The van der Waals surface area contributed by atoms with Gasteiger partial charge in [0.1, 0.15) is 6.07 Å². The predicted octanol–water partition coefficient (Wildman–Crippen LogP) is 3.88. The number of hydrogen-bond acceptors (Lipinski definition) is 3. The van der Waals surface area contributed by atoms with Gasteiger partial charge in [0.25, 0.3) is 0 Å². The molecule has 0 atom stereocenters. The zero-order valence-corrected chi connectivity index (χ0v) is 11.0. The van der Waals surface area contributed by atoms with Crippen LogP contribution < -0.4 is 5.32 Å². The first-order valence-corrected chi connectivity index (χ1v) is 7.38. The van der Waals surface area contributed by atoms with E-state index in [1.54, 1.807) is 11.8 Å². The topological polar surface area (TPSA) is 35.8 Å². The molecule has 0 heterocycles. The first-order chi connectivity index (χ1) is 8.35. The molecule has 1 aromatic rings. The molecule has 0 radical (unpaired) electrons. The monoisotopic (exact) mass is 246 g/mol. The van der Waals surface area contributed by atoms with Crippen LogP contribution in [0.3, 0.4) is 0 Å². The lowest BCUT2D eigenvalue weighted by Gasteiger charge is -2.14. The van der Waals surface area contributed by atoms with Crippen molar-refractivity contribution in [2.45, 2.75) is 30.6 Å². The van der Waals surface area contributed by atoms with Gasteiger partial charge in [-0.15, -0.1) is 11.8 Å². The van der Waals surface area contributed by atoms with Crippen molar-refractivity contribution >= 4 is 17.4 Å². The predicted molar refractivity (Wildman–Crippen MR) is 73.4 cm³/mol. The molecule has 1 aliphatic carbocycles. The highest BCUT2D eigenvalue weighted by atomic mass is 32.2. The van der Waals surface area contributed by atoms with Crippen LogP contribution in [0.1, 0.15) is 31.2 Å². The number of nitrogens with one attached hydrogen (secondary N) is 1. The number of hydrogen-bond donors (Lipinski definition) is 1. The van der Waals surface area contributed by atoms with Crippen LogP contribution in [0.15, 0.2) is 23.1 Å². The van der Waals surface area contributed by atoms with E-state index in [-0.39, 0.29) is 0 Å². The summed E-state index contributed by atoms with van der Waals surface area (Å²) in [5, 5.41) is 12.7. The van der Waals surface area contributed by atoms with Gasteiger partial charge in [-0.3, -0.25) is 0 Å². The Bertz CT molecular complexity index is 417. The number of thioether (sulfide) groups is 1. The summed E-state index contributed by atoms with van der Waals surface area (Å²) in [5.74, 6) is 0.791. The second-order valence-electron chi connectivity index (χ2n) is 4.53. The molecule has 17 heavy (non-hydrogen) atoms. The molecule has 1 aromatic carbocycles. The molecule has 0 saturated heterocycles. The van der Waals surface area contributed by atoms with E-state index in [0.717, 1.165) is 28.6 Å². The van der Waals surface area contributed by atoms with Gasteiger partial charge < -0.3 is 5.32 Å². The minimum atomic E-state index is 0.790. The first-order valence-electron chi connectivity index (χ1n) is 6.16. The Balaban J connectivity index is 2.07. The maximum atomic E-state index is 9.22. The highest BCUT2D eigenvalue weighted by Crippen LogP contribution is 2.28. The Morgan fingerprint density at radius 3 is 2.82 bits per heavy atom. The van der Waals surface area contributed by atoms with Gasteiger partial charge >= 0.3 is 0 Å². The minimum Gasteiger partial charge on any atom is -0.384 e. The van der Waals surface area contributed by atoms with Gasteiger partial charge in [-0.05, 0) is 37.1 Å². The molecule has 0 unspecified atom stereocenters. The lowest BCUT2D eigenvalue weighted by Crippen LogP contribution is -2.11. The summed E-state index contributed by atoms with van der Waals surface area (Å²) in [6.45, 7) is 1.01. The van der Waals surface area contributed by atoms with Gasteiger partial charge in [-0.2, -0.15) is 5.26 Å². The third-order valence-electron chi connectivity index (χ3n) is 3.41. The summed E-state index contributed by atoms with van der Waals surface area (Å²) in [6, 6.07) is 8.34. The first kappa shape index (κ1) is 12.3. The van der Waals surface area contributed by atoms with E-state index in [1.807, 2.05) is 24.5 Å². The van der Waals surface area contributed by atoms with Crippen LogP contribution in [0.2, 0.25) is 0 Å². The zero-order valence-electron chi connectivity index (χ0n) is 10.2. The highest BCUT2D eigenvalue weighted by molar-refractivity contribution is 7.98.